The minimum absolute atomic E-state index is 0.00919. The molecule has 2 heterocycles. The van der Waals surface area contributed by atoms with Crippen LogP contribution in [0.1, 0.15) is 15.9 Å². The second-order valence-corrected chi connectivity index (χ2v) is 7.16. The number of carbonyl (C=O) groups is 1. The highest BCUT2D eigenvalue weighted by Crippen LogP contribution is 2.36. The number of Topliss-reactive ketones (excluding diaryl/α,β-unsaturated/α-hetero) is 1. The molecule has 10 heteroatoms. The van der Waals surface area contributed by atoms with Crippen molar-refractivity contribution in [2.45, 2.75) is 30.7 Å². The maximum Gasteiger partial charge on any atom is 0.231 e. The summed E-state index contributed by atoms with van der Waals surface area (Å²) < 4.78 is 16.4. The lowest BCUT2D eigenvalue weighted by atomic mass is 9.99. The van der Waals surface area contributed by atoms with E-state index in [2.05, 4.69) is 0 Å². The second-order valence-electron chi connectivity index (χ2n) is 7.16. The number of ether oxygens (including phenoxy) is 3. The number of aliphatic hydroxyl groups excluding tert-OH is 4. The van der Waals surface area contributed by atoms with Gasteiger partial charge in [-0.25, -0.2) is 0 Å². The molecule has 0 saturated carbocycles. The van der Waals surface area contributed by atoms with Gasteiger partial charge in [-0.15, -0.1) is 0 Å². The Morgan fingerprint density at radius 2 is 1.74 bits per heavy atom. The van der Waals surface area contributed by atoms with E-state index in [-0.39, 0.29) is 34.3 Å². The zero-order valence-corrected chi connectivity index (χ0v) is 16.0. The number of carbonyl (C=O) groups excluding carboxylic acids is 1. The highest BCUT2D eigenvalue weighted by Gasteiger charge is 2.44. The zero-order valence-electron chi connectivity index (χ0n) is 16.0. The van der Waals surface area contributed by atoms with Crippen molar-refractivity contribution in [2.75, 3.05) is 6.61 Å². The van der Waals surface area contributed by atoms with E-state index in [9.17, 15) is 35.4 Å². The second kappa shape index (κ2) is 8.17. The lowest BCUT2D eigenvalue weighted by Crippen LogP contribution is -2.60. The van der Waals surface area contributed by atoms with Crippen molar-refractivity contribution in [3.05, 3.63) is 53.3 Å². The molecule has 1 fully saturated rings. The summed E-state index contributed by atoms with van der Waals surface area (Å²) in [6.07, 6.45) is -5.76. The number of hydrogen-bond acceptors (Lipinski definition) is 10. The molecule has 31 heavy (non-hydrogen) atoms. The van der Waals surface area contributed by atoms with Crippen molar-refractivity contribution in [2.24, 2.45) is 0 Å². The molecule has 0 bridgehead atoms. The third-order valence-electron chi connectivity index (χ3n) is 5.04. The Balaban J connectivity index is 1.53. The molecule has 0 aliphatic carbocycles. The maximum atomic E-state index is 12.6. The quantitative estimate of drug-likeness (QED) is 0.283. The summed E-state index contributed by atoms with van der Waals surface area (Å²) in [6, 6.07) is 8.33. The standard InChI is InChI=1S/C21H20O10/c22-8-16-18(26)19(27)20(28)21(31-16)29-10-2-3-11-14(7-10)30-15(17(11)25)6-9-1-4-12(23)13(24)5-9/h1-7,16,18-24,26-28H,8H2/b15-6-/t16-,18-,19+,20-,21+/m1/s1. The zero-order chi connectivity index (χ0) is 22.3. The molecule has 2 aromatic rings. The van der Waals surface area contributed by atoms with Gasteiger partial charge in [0.15, 0.2) is 17.3 Å². The van der Waals surface area contributed by atoms with Gasteiger partial charge in [0.05, 0.1) is 12.2 Å². The Kier molecular flexibility index (Phi) is 5.56. The first-order chi connectivity index (χ1) is 14.8. The SMILES string of the molecule is O=C1/C(=C/c2ccc(O)c(O)c2)Oc2cc(O[C@H]3O[C@H](CO)[C@@H](O)[C@H](O)[C@H]3O)ccc21. The molecular formula is C21H20O10. The molecule has 2 aliphatic rings. The smallest absolute Gasteiger partial charge is 0.231 e. The van der Waals surface area contributed by atoms with Crippen molar-refractivity contribution in [1.29, 1.82) is 0 Å². The lowest BCUT2D eigenvalue weighted by molar-refractivity contribution is -0.277. The Labute approximate surface area is 175 Å². The molecule has 0 aromatic heterocycles. The minimum Gasteiger partial charge on any atom is -0.504 e. The van der Waals surface area contributed by atoms with E-state index in [0.717, 1.165) is 0 Å². The van der Waals surface area contributed by atoms with E-state index in [1.54, 1.807) is 0 Å². The van der Waals surface area contributed by atoms with E-state index < -0.39 is 43.1 Å². The summed E-state index contributed by atoms with van der Waals surface area (Å²) in [6.45, 7) is -0.590. The highest BCUT2D eigenvalue weighted by molar-refractivity contribution is 6.14. The minimum atomic E-state index is -1.58. The molecule has 1 saturated heterocycles. The molecule has 0 amide bonds. The molecule has 5 atom stereocenters. The predicted molar refractivity (Wildman–Crippen MR) is 104 cm³/mol. The number of ketones is 1. The van der Waals surface area contributed by atoms with Gasteiger partial charge in [0.25, 0.3) is 0 Å². The van der Waals surface area contributed by atoms with Gasteiger partial charge in [-0.3, -0.25) is 4.79 Å². The number of hydrogen-bond donors (Lipinski definition) is 6. The number of fused-ring (bicyclic) bond motifs is 1. The van der Waals surface area contributed by atoms with Crippen molar-refractivity contribution in [1.82, 2.24) is 0 Å². The van der Waals surface area contributed by atoms with Gasteiger partial charge in [0.1, 0.15) is 35.9 Å². The van der Waals surface area contributed by atoms with Gasteiger partial charge >= 0.3 is 0 Å². The van der Waals surface area contributed by atoms with Gasteiger partial charge in [-0.2, -0.15) is 0 Å². The van der Waals surface area contributed by atoms with Crippen LogP contribution >= 0.6 is 0 Å². The van der Waals surface area contributed by atoms with E-state index in [1.807, 2.05) is 0 Å². The number of phenolic OH excluding ortho intramolecular Hbond substituents is 2. The van der Waals surface area contributed by atoms with Gasteiger partial charge in [-0.1, -0.05) is 6.07 Å². The Morgan fingerprint density at radius 1 is 0.968 bits per heavy atom. The van der Waals surface area contributed by atoms with Gasteiger partial charge in [0, 0.05) is 6.07 Å². The fourth-order valence-electron chi connectivity index (χ4n) is 3.32. The van der Waals surface area contributed by atoms with Gasteiger partial charge < -0.3 is 44.8 Å². The molecule has 164 valence electrons. The van der Waals surface area contributed by atoms with Crippen molar-refractivity contribution in [3.8, 4) is 23.0 Å². The van der Waals surface area contributed by atoms with Crippen molar-refractivity contribution in [3.63, 3.8) is 0 Å². The number of aliphatic hydroxyl groups is 4. The van der Waals surface area contributed by atoms with Crippen LogP contribution in [0.3, 0.4) is 0 Å². The molecule has 6 N–H and O–H groups in total. The van der Waals surface area contributed by atoms with E-state index >= 15 is 0 Å². The molecule has 0 unspecified atom stereocenters. The molecule has 0 spiro atoms. The first-order valence-corrected chi connectivity index (χ1v) is 9.36. The summed E-state index contributed by atoms with van der Waals surface area (Å²) in [5.41, 5.74) is 0.694. The molecule has 0 radical (unpaired) electrons. The molecule has 4 rings (SSSR count). The third-order valence-corrected chi connectivity index (χ3v) is 5.04. The van der Waals surface area contributed by atoms with E-state index in [1.165, 1.54) is 42.5 Å². The first-order valence-electron chi connectivity index (χ1n) is 9.36. The monoisotopic (exact) mass is 432 g/mol. The number of benzene rings is 2. The summed E-state index contributed by atoms with van der Waals surface area (Å²) >= 11 is 0. The van der Waals surface area contributed by atoms with Crippen LogP contribution in [-0.4, -0.2) is 73.7 Å². The van der Waals surface area contributed by atoms with Crippen LogP contribution in [0.5, 0.6) is 23.0 Å². The summed E-state index contributed by atoms with van der Waals surface area (Å²) in [5, 5.41) is 58.0. The average molecular weight is 432 g/mol. The summed E-state index contributed by atoms with van der Waals surface area (Å²) in [7, 11) is 0. The van der Waals surface area contributed by atoms with Crippen LogP contribution in [-0.2, 0) is 4.74 Å². The normalized spacial score (nSPS) is 29.0. The van der Waals surface area contributed by atoms with Crippen LogP contribution in [0.15, 0.2) is 42.2 Å². The molecule has 2 aliphatic heterocycles. The number of rotatable bonds is 4. The first kappa shape index (κ1) is 21.1. The number of allylic oxidation sites excluding steroid dienone is 1. The van der Waals surface area contributed by atoms with Gasteiger partial charge in [0.2, 0.25) is 12.1 Å². The molecule has 10 nitrogen and oxygen atoms in total. The summed E-state index contributed by atoms with van der Waals surface area (Å²) in [4.78, 5) is 12.6. The van der Waals surface area contributed by atoms with Crippen molar-refractivity contribution >= 4 is 11.9 Å². The Morgan fingerprint density at radius 3 is 2.45 bits per heavy atom. The maximum absolute atomic E-state index is 12.6. The summed E-state index contributed by atoms with van der Waals surface area (Å²) in [5.74, 6) is -0.709. The Bertz CT molecular complexity index is 1030. The van der Waals surface area contributed by atoms with Crippen LogP contribution in [0, 0.1) is 0 Å². The Hall–Kier alpha value is -3.15. The largest absolute Gasteiger partial charge is 0.504 e. The fraction of sp³-hybridized carbons (Fsp3) is 0.286. The topological polar surface area (TPSA) is 166 Å². The predicted octanol–water partition coefficient (Wildman–Crippen LogP) is -0.107. The third kappa shape index (κ3) is 3.94. The number of aromatic hydroxyl groups is 2. The average Bonchev–Trinajstić information content (AvgIpc) is 3.05. The van der Waals surface area contributed by atoms with Crippen molar-refractivity contribution < 1.29 is 49.6 Å². The van der Waals surface area contributed by atoms with Crippen LogP contribution in [0.2, 0.25) is 0 Å². The van der Waals surface area contributed by atoms with Gasteiger partial charge in [-0.05, 0) is 35.9 Å². The van der Waals surface area contributed by atoms with Crippen LogP contribution in [0.25, 0.3) is 6.08 Å². The van der Waals surface area contributed by atoms with Crippen LogP contribution < -0.4 is 9.47 Å². The van der Waals surface area contributed by atoms with E-state index in [4.69, 9.17) is 14.2 Å². The van der Waals surface area contributed by atoms with E-state index in [0.29, 0.717) is 5.56 Å². The fourth-order valence-corrected chi connectivity index (χ4v) is 3.32. The molecule has 2 aromatic carbocycles. The lowest BCUT2D eigenvalue weighted by Gasteiger charge is -2.39. The van der Waals surface area contributed by atoms with Crippen LogP contribution in [0.4, 0.5) is 0 Å². The molecular weight excluding hydrogens is 412 g/mol. The number of phenols is 2. The highest BCUT2D eigenvalue weighted by atomic mass is 16.7.